The monoisotopic (exact) mass is 409 g/mol. The molecule has 11 nitrogen and oxygen atoms in total. The highest BCUT2D eigenvalue weighted by molar-refractivity contribution is 6.07. The Morgan fingerprint density at radius 2 is 1.87 bits per heavy atom. The first kappa shape index (κ1) is 20.3. The Morgan fingerprint density at radius 3 is 2.47 bits per heavy atom. The number of hydrogen-bond donors (Lipinski definition) is 4. The number of nitrogens with two attached hydrogens (primary N) is 2. The highest BCUT2D eigenvalue weighted by Crippen LogP contribution is 2.31. The molecule has 0 aliphatic carbocycles. The van der Waals surface area contributed by atoms with E-state index in [0.29, 0.717) is 22.5 Å². The second kappa shape index (κ2) is 8.31. The average molecular weight is 409 g/mol. The van der Waals surface area contributed by atoms with Crippen LogP contribution in [0.4, 0.5) is 11.4 Å². The smallest absolute Gasteiger partial charge is 0.296 e. The summed E-state index contributed by atoms with van der Waals surface area (Å²) in [6, 6.07) is 11.3. The van der Waals surface area contributed by atoms with Crippen molar-refractivity contribution in [2.75, 3.05) is 12.4 Å². The molecule has 0 radical (unpaired) electrons. The van der Waals surface area contributed by atoms with Crippen molar-refractivity contribution in [1.82, 2.24) is 4.98 Å². The lowest BCUT2D eigenvalue weighted by Gasteiger charge is -2.05. The number of guanidine groups is 1. The number of carbonyl (C=O) groups is 1. The van der Waals surface area contributed by atoms with Crippen LogP contribution in [0, 0.1) is 10.1 Å². The van der Waals surface area contributed by atoms with Crippen LogP contribution >= 0.6 is 0 Å². The van der Waals surface area contributed by atoms with Crippen molar-refractivity contribution in [3.63, 3.8) is 0 Å². The van der Waals surface area contributed by atoms with Gasteiger partial charge in [-0.15, -0.1) is 5.10 Å². The number of ether oxygens (including phenoxy) is 1. The van der Waals surface area contributed by atoms with Gasteiger partial charge >= 0.3 is 0 Å². The van der Waals surface area contributed by atoms with E-state index in [2.05, 4.69) is 20.5 Å². The van der Waals surface area contributed by atoms with Gasteiger partial charge in [-0.1, -0.05) is 12.1 Å². The Labute approximate surface area is 170 Å². The Morgan fingerprint density at radius 1 is 1.17 bits per heavy atom. The first-order valence-electron chi connectivity index (χ1n) is 8.68. The van der Waals surface area contributed by atoms with Crippen molar-refractivity contribution in [3.05, 3.63) is 63.8 Å². The molecule has 2 aromatic carbocycles. The largest absolute Gasteiger partial charge is 0.496 e. The number of benzene rings is 2. The Hall–Kier alpha value is -4.41. The zero-order valence-electron chi connectivity index (χ0n) is 16.2. The van der Waals surface area contributed by atoms with E-state index in [1.54, 1.807) is 37.3 Å². The Bertz CT molecular complexity index is 1180. The minimum absolute atomic E-state index is 0.144. The molecule has 3 aromatic rings. The molecule has 11 heteroatoms. The van der Waals surface area contributed by atoms with E-state index in [0.717, 1.165) is 5.56 Å². The van der Waals surface area contributed by atoms with Gasteiger partial charge in [0.05, 0.1) is 23.8 Å². The van der Waals surface area contributed by atoms with Gasteiger partial charge < -0.3 is 26.5 Å². The molecular weight excluding hydrogens is 390 g/mol. The van der Waals surface area contributed by atoms with Crippen molar-refractivity contribution in [3.8, 4) is 5.75 Å². The van der Waals surface area contributed by atoms with Crippen molar-refractivity contribution in [1.29, 1.82) is 0 Å². The van der Waals surface area contributed by atoms with Crippen LogP contribution in [0.15, 0.2) is 52.7 Å². The number of nitro benzene ring substituents is 1. The number of fused-ring (bicyclic) bond motifs is 1. The molecule has 0 fully saturated rings. The van der Waals surface area contributed by atoms with Crippen LogP contribution in [0.2, 0.25) is 0 Å². The van der Waals surface area contributed by atoms with Crippen molar-refractivity contribution in [2.24, 2.45) is 21.7 Å². The van der Waals surface area contributed by atoms with E-state index >= 15 is 0 Å². The van der Waals surface area contributed by atoms with Crippen molar-refractivity contribution >= 4 is 39.9 Å². The van der Waals surface area contributed by atoms with Gasteiger partial charge in [0.2, 0.25) is 5.96 Å². The highest BCUT2D eigenvalue weighted by atomic mass is 16.6. The van der Waals surface area contributed by atoms with Gasteiger partial charge in [0.15, 0.2) is 0 Å². The molecule has 0 atom stereocenters. The quantitative estimate of drug-likeness (QED) is 0.210. The van der Waals surface area contributed by atoms with E-state index in [4.69, 9.17) is 16.2 Å². The molecule has 0 saturated heterocycles. The zero-order chi connectivity index (χ0) is 21.8. The number of aromatic nitrogens is 1. The number of rotatable bonds is 6. The van der Waals surface area contributed by atoms with E-state index < -0.39 is 10.8 Å². The zero-order valence-corrected chi connectivity index (χ0v) is 16.2. The molecule has 1 heterocycles. The van der Waals surface area contributed by atoms with E-state index in [9.17, 15) is 14.9 Å². The normalized spacial score (nSPS) is 11.2. The predicted octanol–water partition coefficient (Wildman–Crippen LogP) is 2.33. The number of aromatic amines is 1. The van der Waals surface area contributed by atoms with E-state index in [-0.39, 0.29) is 22.9 Å². The number of nitro groups is 1. The van der Waals surface area contributed by atoms with Gasteiger partial charge in [-0.25, -0.2) is 0 Å². The van der Waals surface area contributed by atoms with Gasteiger partial charge in [0.25, 0.3) is 11.6 Å². The summed E-state index contributed by atoms with van der Waals surface area (Å²) in [5.41, 5.74) is 12.6. The molecule has 1 aromatic heterocycles. The number of nitrogens with zero attached hydrogens (tertiary/aromatic N) is 3. The minimum Gasteiger partial charge on any atom is -0.496 e. The second-order valence-corrected chi connectivity index (χ2v) is 6.29. The first-order chi connectivity index (χ1) is 14.3. The lowest BCUT2D eigenvalue weighted by molar-refractivity contribution is -0.383. The van der Waals surface area contributed by atoms with Crippen LogP contribution in [0.5, 0.6) is 5.75 Å². The van der Waals surface area contributed by atoms with Crippen molar-refractivity contribution in [2.45, 2.75) is 6.92 Å². The summed E-state index contributed by atoms with van der Waals surface area (Å²) >= 11 is 0. The maximum atomic E-state index is 12.6. The lowest BCUT2D eigenvalue weighted by Crippen LogP contribution is -2.22. The summed E-state index contributed by atoms with van der Waals surface area (Å²) in [7, 11) is 1.42. The number of H-pyrrole nitrogens is 1. The third-order valence-corrected chi connectivity index (χ3v) is 4.23. The summed E-state index contributed by atoms with van der Waals surface area (Å²) in [6.07, 6.45) is 0. The fourth-order valence-corrected chi connectivity index (χ4v) is 2.77. The number of amides is 1. The number of carbonyl (C=O) groups excluding carboxylic acids is 1. The molecule has 154 valence electrons. The molecule has 0 bridgehead atoms. The Balaban J connectivity index is 1.83. The summed E-state index contributed by atoms with van der Waals surface area (Å²) in [6.45, 7) is 1.74. The van der Waals surface area contributed by atoms with Crippen LogP contribution < -0.4 is 21.5 Å². The lowest BCUT2D eigenvalue weighted by atomic mass is 10.1. The molecule has 0 unspecified atom stereocenters. The average Bonchev–Trinajstić information content (AvgIpc) is 3.15. The number of anilines is 1. The van der Waals surface area contributed by atoms with Crippen LogP contribution in [0.3, 0.4) is 0 Å². The van der Waals surface area contributed by atoms with Gasteiger partial charge in [0.1, 0.15) is 17.0 Å². The molecule has 0 aliphatic heterocycles. The molecule has 0 spiro atoms. The van der Waals surface area contributed by atoms with Gasteiger partial charge in [-0.2, -0.15) is 5.10 Å². The van der Waals surface area contributed by atoms with E-state index in [1.807, 2.05) is 0 Å². The van der Waals surface area contributed by atoms with Crippen molar-refractivity contribution < 1.29 is 14.5 Å². The maximum absolute atomic E-state index is 12.6. The number of non-ortho nitro benzene ring substituents is 1. The number of hydrogen-bond acceptors (Lipinski definition) is 6. The SMILES string of the molecule is COc1cc([N+](=O)[O-])c2[nH]c(C(=O)Nc3ccc(C(C)=NN=C(N)N)cc3)cc2c1. The van der Waals surface area contributed by atoms with E-state index in [1.165, 1.54) is 19.2 Å². The number of methoxy groups -OCH3 is 1. The highest BCUT2D eigenvalue weighted by Gasteiger charge is 2.19. The fourth-order valence-electron chi connectivity index (χ4n) is 2.77. The van der Waals surface area contributed by atoms with Gasteiger partial charge in [0, 0.05) is 11.1 Å². The molecule has 30 heavy (non-hydrogen) atoms. The molecule has 1 amide bonds. The fraction of sp³-hybridized carbons (Fsp3) is 0.105. The summed E-state index contributed by atoms with van der Waals surface area (Å²) in [5, 5.41) is 22.0. The standard InChI is InChI=1S/C19H19N7O4/c1-10(24-25-19(20)21)11-3-5-13(6-4-11)22-18(27)15-8-12-7-14(30-2)9-16(26(28)29)17(12)23-15/h3-9,23H,1-2H3,(H,22,27)(H4,20,21,25). The molecule has 0 saturated carbocycles. The maximum Gasteiger partial charge on any atom is 0.296 e. The van der Waals surface area contributed by atoms with Crippen LogP contribution in [-0.4, -0.2) is 34.6 Å². The van der Waals surface area contributed by atoms with Crippen LogP contribution in [0.25, 0.3) is 10.9 Å². The van der Waals surface area contributed by atoms with Gasteiger partial charge in [-0.3, -0.25) is 14.9 Å². The Kier molecular flexibility index (Phi) is 5.63. The topological polar surface area (TPSA) is 174 Å². The molecule has 0 aliphatic rings. The predicted molar refractivity (Wildman–Crippen MR) is 114 cm³/mol. The summed E-state index contributed by atoms with van der Waals surface area (Å²) in [5.74, 6) is -0.263. The third-order valence-electron chi connectivity index (χ3n) is 4.23. The summed E-state index contributed by atoms with van der Waals surface area (Å²) in [4.78, 5) is 26.2. The third kappa shape index (κ3) is 4.35. The van der Waals surface area contributed by atoms with Crippen LogP contribution in [-0.2, 0) is 0 Å². The summed E-state index contributed by atoms with van der Waals surface area (Å²) < 4.78 is 5.09. The minimum atomic E-state index is -0.534. The van der Waals surface area contributed by atoms with Gasteiger partial charge in [-0.05, 0) is 36.8 Å². The number of nitrogens with one attached hydrogen (secondary N) is 2. The first-order valence-corrected chi connectivity index (χ1v) is 8.68. The molecular formula is C19H19N7O4. The molecule has 6 N–H and O–H groups in total. The second-order valence-electron chi connectivity index (χ2n) is 6.29. The molecule has 3 rings (SSSR count). The van der Waals surface area contributed by atoms with Crippen LogP contribution in [0.1, 0.15) is 23.0 Å².